The van der Waals surface area contributed by atoms with Gasteiger partial charge in [0.2, 0.25) is 0 Å². The van der Waals surface area contributed by atoms with E-state index in [2.05, 4.69) is 15.3 Å². The number of phenols is 1. The molecule has 8 nitrogen and oxygen atoms in total. The minimum absolute atomic E-state index is 0.0978. The first kappa shape index (κ1) is 24.6. The Morgan fingerprint density at radius 3 is 2.34 bits per heavy atom. The number of carboxylic acid groups (broad SMARTS) is 1. The number of phenolic OH excluding ortho intramolecular Hbond substituents is 1. The van der Waals surface area contributed by atoms with Gasteiger partial charge in [0.05, 0.1) is 11.3 Å². The molecular formula is C30H24N4O4. The van der Waals surface area contributed by atoms with E-state index in [1.165, 1.54) is 17.1 Å². The van der Waals surface area contributed by atoms with Crippen LogP contribution in [0.2, 0.25) is 0 Å². The molecule has 1 unspecified atom stereocenters. The van der Waals surface area contributed by atoms with E-state index in [-0.39, 0.29) is 22.9 Å². The van der Waals surface area contributed by atoms with Crippen molar-refractivity contribution in [1.29, 1.82) is 0 Å². The SMILES string of the molecule is Cc1ccc(N2N=C(c3ccccc3)C(N=Nc3cccc(-c4cccc(C(=O)O)c4)c3O)C2=O)cc1C. The van der Waals surface area contributed by atoms with Crippen LogP contribution in [-0.2, 0) is 4.79 Å². The number of carbonyl (C=O) groups excluding carboxylic acids is 1. The highest BCUT2D eigenvalue weighted by Gasteiger charge is 2.38. The van der Waals surface area contributed by atoms with Gasteiger partial charge in [0.1, 0.15) is 11.4 Å². The summed E-state index contributed by atoms with van der Waals surface area (Å²) >= 11 is 0. The van der Waals surface area contributed by atoms with Crippen molar-refractivity contribution in [2.45, 2.75) is 19.9 Å². The number of carbonyl (C=O) groups is 2. The van der Waals surface area contributed by atoms with E-state index in [0.29, 0.717) is 22.5 Å². The van der Waals surface area contributed by atoms with E-state index in [0.717, 1.165) is 16.7 Å². The van der Waals surface area contributed by atoms with Crippen molar-refractivity contribution in [3.05, 3.63) is 113 Å². The molecule has 1 amide bonds. The number of benzene rings is 4. The maximum atomic E-state index is 13.5. The van der Waals surface area contributed by atoms with Gasteiger partial charge in [0, 0.05) is 11.1 Å². The molecule has 0 spiro atoms. The summed E-state index contributed by atoms with van der Waals surface area (Å²) in [4.78, 5) is 24.9. The Kier molecular flexibility index (Phi) is 6.53. The van der Waals surface area contributed by atoms with Gasteiger partial charge in [-0.25, -0.2) is 4.79 Å². The second kappa shape index (κ2) is 10.1. The quantitative estimate of drug-likeness (QED) is 0.301. The number of hydrogen-bond donors (Lipinski definition) is 2. The van der Waals surface area contributed by atoms with E-state index in [9.17, 15) is 19.8 Å². The second-order valence-corrected chi connectivity index (χ2v) is 8.95. The molecule has 0 aliphatic carbocycles. The van der Waals surface area contributed by atoms with Crippen molar-refractivity contribution in [2.24, 2.45) is 15.3 Å². The first-order valence-corrected chi connectivity index (χ1v) is 11.9. The fourth-order valence-corrected chi connectivity index (χ4v) is 4.20. The Hall–Kier alpha value is -5.11. The van der Waals surface area contributed by atoms with Gasteiger partial charge in [0.25, 0.3) is 5.91 Å². The Morgan fingerprint density at radius 2 is 1.61 bits per heavy atom. The number of aromatic carboxylic acids is 1. The van der Waals surface area contributed by atoms with Crippen molar-refractivity contribution in [3.8, 4) is 16.9 Å². The largest absolute Gasteiger partial charge is 0.505 e. The highest BCUT2D eigenvalue weighted by Crippen LogP contribution is 2.38. The highest BCUT2D eigenvalue weighted by atomic mass is 16.4. The molecule has 4 aromatic carbocycles. The summed E-state index contributed by atoms with van der Waals surface area (Å²) in [6.07, 6.45) is 0. The van der Waals surface area contributed by atoms with Crippen LogP contribution in [-0.4, -0.2) is 33.8 Å². The van der Waals surface area contributed by atoms with Crippen LogP contribution in [0.3, 0.4) is 0 Å². The Balaban J connectivity index is 1.52. The first-order chi connectivity index (χ1) is 18.3. The normalized spacial score (nSPS) is 15.2. The zero-order chi connectivity index (χ0) is 26.8. The lowest BCUT2D eigenvalue weighted by Gasteiger charge is -2.14. The number of hydrazone groups is 1. The molecule has 5 rings (SSSR count). The third-order valence-electron chi connectivity index (χ3n) is 6.43. The number of aryl methyl sites for hydroxylation is 2. The average Bonchev–Trinajstić information content (AvgIpc) is 3.26. The summed E-state index contributed by atoms with van der Waals surface area (Å²) in [6, 6.07) is 25.1. The van der Waals surface area contributed by atoms with Crippen LogP contribution < -0.4 is 5.01 Å². The van der Waals surface area contributed by atoms with Crippen LogP contribution in [0.25, 0.3) is 11.1 Å². The van der Waals surface area contributed by atoms with Gasteiger partial charge < -0.3 is 10.2 Å². The predicted octanol–water partition coefficient (Wildman–Crippen LogP) is 6.28. The summed E-state index contributed by atoms with van der Waals surface area (Å²) in [5.74, 6) is -1.60. The number of aromatic hydroxyl groups is 1. The fraction of sp³-hybridized carbons (Fsp3) is 0.100. The zero-order valence-electron chi connectivity index (χ0n) is 20.7. The Labute approximate surface area is 219 Å². The number of carboxylic acids is 1. The lowest BCUT2D eigenvalue weighted by Crippen LogP contribution is -2.30. The van der Waals surface area contributed by atoms with E-state index >= 15 is 0 Å². The number of azo groups is 1. The monoisotopic (exact) mass is 504 g/mol. The van der Waals surface area contributed by atoms with Crippen molar-refractivity contribution in [3.63, 3.8) is 0 Å². The highest BCUT2D eigenvalue weighted by molar-refractivity contribution is 6.24. The zero-order valence-corrected chi connectivity index (χ0v) is 20.7. The van der Waals surface area contributed by atoms with Crippen LogP contribution in [0.5, 0.6) is 5.75 Å². The maximum Gasteiger partial charge on any atom is 0.335 e. The summed E-state index contributed by atoms with van der Waals surface area (Å²) in [5, 5.41) is 34.8. The summed E-state index contributed by atoms with van der Waals surface area (Å²) in [5.41, 5.74) is 5.11. The molecule has 0 aromatic heterocycles. The smallest absolute Gasteiger partial charge is 0.335 e. The molecule has 0 saturated heterocycles. The molecule has 0 fully saturated rings. The van der Waals surface area contributed by atoms with Gasteiger partial charge in [0.15, 0.2) is 11.8 Å². The molecule has 0 saturated carbocycles. The minimum Gasteiger partial charge on any atom is -0.505 e. The van der Waals surface area contributed by atoms with Crippen molar-refractivity contribution in [1.82, 2.24) is 0 Å². The second-order valence-electron chi connectivity index (χ2n) is 8.95. The van der Waals surface area contributed by atoms with Crippen molar-refractivity contribution < 1.29 is 19.8 Å². The van der Waals surface area contributed by atoms with E-state index in [1.807, 2.05) is 62.4 Å². The first-order valence-electron chi connectivity index (χ1n) is 11.9. The van der Waals surface area contributed by atoms with Crippen LogP contribution in [0, 0.1) is 13.8 Å². The molecule has 1 aliphatic rings. The molecule has 38 heavy (non-hydrogen) atoms. The predicted molar refractivity (Wildman–Crippen MR) is 145 cm³/mol. The van der Waals surface area contributed by atoms with Crippen LogP contribution >= 0.6 is 0 Å². The molecule has 0 bridgehead atoms. The third kappa shape index (κ3) is 4.67. The van der Waals surface area contributed by atoms with Gasteiger partial charge in [-0.15, -0.1) is 0 Å². The maximum absolute atomic E-state index is 13.5. The number of anilines is 1. The van der Waals surface area contributed by atoms with Gasteiger partial charge >= 0.3 is 5.97 Å². The van der Waals surface area contributed by atoms with E-state index in [4.69, 9.17) is 0 Å². The minimum atomic E-state index is -1.07. The third-order valence-corrected chi connectivity index (χ3v) is 6.43. The van der Waals surface area contributed by atoms with Crippen LogP contribution in [0.4, 0.5) is 11.4 Å². The van der Waals surface area contributed by atoms with Gasteiger partial charge in [-0.2, -0.15) is 20.3 Å². The van der Waals surface area contributed by atoms with Crippen LogP contribution in [0.1, 0.15) is 27.0 Å². The van der Waals surface area contributed by atoms with E-state index in [1.54, 1.807) is 30.3 Å². The summed E-state index contributed by atoms with van der Waals surface area (Å²) in [6.45, 7) is 3.97. The molecular weight excluding hydrogens is 480 g/mol. The van der Waals surface area contributed by atoms with Gasteiger partial charge in [-0.1, -0.05) is 60.7 Å². The number of amides is 1. The lowest BCUT2D eigenvalue weighted by atomic mass is 10.0. The standard InChI is InChI=1S/C30H24N4O4/c1-18-14-15-23(16-19(18)2)34-29(36)27(26(33-34)20-8-4-3-5-9-20)32-31-25-13-7-12-24(28(25)35)21-10-6-11-22(17-21)30(37)38/h3-17,27,35H,1-2H3,(H,37,38). The molecule has 1 heterocycles. The summed E-state index contributed by atoms with van der Waals surface area (Å²) in [7, 11) is 0. The van der Waals surface area contributed by atoms with Crippen molar-refractivity contribution >= 4 is 29.0 Å². The number of rotatable bonds is 6. The van der Waals surface area contributed by atoms with Gasteiger partial charge in [-0.05, 0) is 60.9 Å². The van der Waals surface area contributed by atoms with Crippen molar-refractivity contribution in [2.75, 3.05) is 5.01 Å². The van der Waals surface area contributed by atoms with Gasteiger partial charge in [-0.3, -0.25) is 4.79 Å². The van der Waals surface area contributed by atoms with E-state index < -0.39 is 12.0 Å². The summed E-state index contributed by atoms with van der Waals surface area (Å²) < 4.78 is 0. The number of nitrogens with zero attached hydrogens (tertiary/aromatic N) is 4. The molecule has 8 heteroatoms. The lowest BCUT2D eigenvalue weighted by molar-refractivity contribution is -0.117. The molecule has 2 N–H and O–H groups in total. The molecule has 1 aliphatic heterocycles. The fourth-order valence-electron chi connectivity index (χ4n) is 4.20. The average molecular weight is 505 g/mol. The molecule has 0 radical (unpaired) electrons. The topological polar surface area (TPSA) is 115 Å². The Morgan fingerprint density at radius 1 is 0.868 bits per heavy atom. The number of para-hydroxylation sites is 1. The Bertz CT molecular complexity index is 1610. The molecule has 188 valence electrons. The molecule has 1 atom stereocenters. The molecule has 4 aromatic rings. The van der Waals surface area contributed by atoms with Crippen LogP contribution in [0.15, 0.2) is 106 Å². The number of hydrogen-bond acceptors (Lipinski definition) is 6.